The Balaban J connectivity index is 1.83. The molecular formula is C21H20N4OS. The van der Waals surface area contributed by atoms with Crippen LogP contribution in [-0.2, 0) is 4.79 Å². The Kier molecular flexibility index (Phi) is 4.49. The van der Waals surface area contributed by atoms with E-state index >= 15 is 0 Å². The van der Waals surface area contributed by atoms with Gasteiger partial charge in [-0.05, 0) is 43.5 Å². The average Bonchev–Trinajstić information content (AvgIpc) is 3.04. The van der Waals surface area contributed by atoms with Crippen LogP contribution >= 0.6 is 11.8 Å². The molecule has 27 heavy (non-hydrogen) atoms. The quantitative estimate of drug-likeness (QED) is 0.717. The van der Waals surface area contributed by atoms with Crippen molar-refractivity contribution in [2.24, 2.45) is 4.99 Å². The van der Waals surface area contributed by atoms with Gasteiger partial charge < -0.3 is 4.90 Å². The van der Waals surface area contributed by atoms with Crippen molar-refractivity contribution in [1.82, 2.24) is 5.01 Å². The van der Waals surface area contributed by atoms with Crippen molar-refractivity contribution >= 4 is 34.9 Å². The molecule has 0 bridgehead atoms. The summed E-state index contributed by atoms with van der Waals surface area (Å²) in [5.74, 6) is 0.422. The number of hydrogen-bond acceptors (Lipinski definition) is 5. The Hall–Kier alpha value is -2.99. The second-order valence-corrected chi connectivity index (χ2v) is 7.20. The van der Waals surface area contributed by atoms with Gasteiger partial charge in [-0.15, -0.1) is 0 Å². The molecular weight excluding hydrogens is 356 g/mol. The van der Waals surface area contributed by atoms with Crippen molar-refractivity contribution in [3.63, 3.8) is 0 Å². The maximum absolute atomic E-state index is 12.9. The lowest BCUT2D eigenvalue weighted by atomic mass is 10.2. The van der Waals surface area contributed by atoms with Gasteiger partial charge in [0.2, 0.25) is 0 Å². The Morgan fingerprint density at radius 1 is 0.889 bits per heavy atom. The molecule has 2 aliphatic heterocycles. The minimum atomic E-state index is -0.228. The fourth-order valence-electron chi connectivity index (χ4n) is 3.33. The molecule has 0 aromatic heterocycles. The topological polar surface area (TPSA) is 39.2 Å². The molecule has 0 radical (unpaired) electrons. The lowest BCUT2D eigenvalue weighted by Gasteiger charge is -2.39. The molecule has 2 aromatic rings. The van der Waals surface area contributed by atoms with Crippen LogP contribution in [0.25, 0.3) is 0 Å². The Morgan fingerprint density at radius 3 is 2.11 bits per heavy atom. The normalized spacial score (nSPS) is 20.1. The largest absolute Gasteiger partial charge is 0.306 e. The van der Waals surface area contributed by atoms with Crippen LogP contribution in [0.3, 0.4) is 0 Å². The Bertz CT molecular complexity index is 966. The van der Waals surface area contributed by atoms with Crippen molar-refractivity contribution in [1.29, 1.82) is 0 Å². The predicted molar refractivity (Wildman–Crippen MR) is 112 cm³/mol. The van der Waals surface area contributed by atoms with Gasteiger partial charge in [0.05, 0.1) is 5.69 Å². The number of anilines is 2. The summed E-state index contributed by atoms with van der Waals surface area (Å²) in [7, 11) is 1.91. The zero-order chi connectivity index (χ0) is 19.0. The number of carbonyl (C=O) groups excluding carboxylic acids is 1. The summed E-state index contributed by atoms with van der Waals surface area (Å²) >= 11 is 1.55. The highest BCUT2D eigenvalue weighted by molar-refractivity contribution is 8.06. The van der Waals surface area contributed by atoms with Gasteiger partial charge in [-0.2, -0.15) is 4.99 Å². The Labute approximate surface area is 163 Å². The van der Waals surface area contributed by atoms with Gasteiger partial charge in [0, 0.05) is 18.4 Å². The molecule has 5 nitrogen and oxygen atoms in total. The van der Waals surface area contributed by atoms with Crippen LogP contribution in [0, 0.1) is 0 Å². The summed E-state index contributed by atoms with van der Waals surface area (Å²) < 4.78 is 0. The number of thioether (sulfide) groups is 1. The highest BCUT2D eigenvalue weighted by Gasteiger charge is 2.35. The van der Waals surface area contributed by atoms with E-state index in [-0.39, 0.29) is 5.91 Å². The van der Waals surface area contributed by atoms with Crippen LogP contribution < -0.4 is 9.91 Å². The number of para-hydroxylation sites is 2. The van der Waals surface area contributed by atoms with Gasteiger partial charge in [-0.1, -0.05) is 48.2 Å². The first-order valence-corrected chi connectivity index (χ1v) is 9.57. The van der Waals surface area contributed by atoms with Gasteiger partial charge in [-0.3, -0.25) is 9.80 Å². The number of nitrogens with zero attached hydrogens (tertiary/aromatic N) is 4. The van der Waals surface area contributed by atoms with E-state index in [4.69, 9.17) is 0 Å². The van der Waals surface area contributed by atoms with E-state index in [0.29, 0.717) is 11.5 Å². The molecule has 0 saturated heterocycles. The fraction of sp³-hybridized carbons (Fsp3) is 0.143. The minimum Gasteiger partial charge on any atom is -0.306 e. The molecule has 0 fully saturated rings. The Morgan fingerprint density at radius 2 is 1.48 bits per heavy atom. The first-order chi connectivity index (χ1) is 13.1. The third-order valence-corrected chi connectivity index (χ3v) is 5.57. The van der Waals surface area contributed by atoms with E-state index in [2.05, 4.69) is 15.3 Å². The summed E-state index contributed by atoms with van der Waals surface area (Å²) in [6.45, 7) is 3.90. The third kappa shape index (κ3) is 3.02. The first kappa shape index (κ1) is 17.4. The van der Waals surface area contributed by atoms with Gasteiger partial charge >= 0.3 is 0 Å². The third-order valence-electron chi connectivity index (χ3n) is 4.51. The van der Waals surface area contributed by atoms with E-state index in [0.717, 1.165) is 22.1 Å². The van der Waals surface area contributed by atoms with Crippen LogP contribution in [0.2, 0.25) is 0 Å². The molecule has 0 aliphatic carbocycles. The molecule has 1 amide bonds. The number of hydrazine groups is 1. The molecule has 6 heteroatoms. The zero-order valence-electron chi connectivity index (χ0n) is 15.5. The van der Waals surface area contributed by atoms with Crippen molar-refractivity contribution in [3.8, 4) is 0 Å². The maximum atomic E-state index is 12.9. The molecule has 0 spiro atoms. The number of carbonyl (C=O) groups is 1. The average molecular weight is 376 g/mol. The van der Waals surface area contributed by atoms with Gasteiger partial charge in [0.1, 0.15) is 10.9 Å². The van der Waals surface area contributed by atoms with Crippen LogP contribution in [0.15, 0.2) is 87.5 Å². The summed E-state index contributed by atoms with van der Waals surface area (Å²) in [6.07, 6.45) is 0. The van der Waals surface area contributed by atoms with E-state index in [1.807, 2.05) is 91.6 Å². The number of hydrogen-bond donors (Lipinski definition) is 0. The summed E-state index contributed by atoms with van der Waals surface area (Å²) in [5, 5.41) is 6.78. The van der Waals surface area contributed by atoms with Crippen molar-refractivity contribution < 1.29 is 4.79 Å². The number of aliphatic imine (C=N–C) groups is 1. The number of benzene rings is 2. The molecule has 0 atom stereocenters. The smallest absolute Gasteiger partial charge is 0.299 e. The molecule has 2 aromatic carbocycles. The van der Waals surface area contributed by atoms with Crippen molar-refractivity contribution in [2.75, 3.05) is 17.0 Å². The van der Waals surface area contributed by atoms with E-state index in [1.165, 1.54) is 0 Å². The van der Waals surface area contributed by atoms with Gasteiger partial charge in [0.15, 0.2) is 5.70 Å². The lowest BCUT2D eigenvalue weighted by Crippen LogP contribution is -2.49. The second kappa shape index (κ2) is 6.96. The minimum absolute atomic E-state index is 0.228. The number of rotatable bonds is 2. The molecule has 2 aliphatic rings. The van der Waals surface area contributed by atoms with Crippen LogP contribution in [-0.4, -0.2) is 23.8 Å². The number of likely N-dealkylation sites (N-methyl/N-ethyl adjacent to an activating group) is 1. The number of amides is 1. The molecule has 0 saturated carbocycles. The maximum Gasteiger partial charge on any atom is 0.299 e. The van der Waals surface area contributed by atoms with E-state index in [9.17, 15) is 4.79 Å². The lowest BCUT2D eigenvalue weighted by molar-refractivity contribution is -0.116. The molecule has 0 N–H and O–H groups in total. The van der Waals surface area contributed by atoms with Crippen LogP contribution in [0.5, 0.6) is 0 Å². The molecule has 0 unspecified atom stereocenters. The number of allylic oxidation sites excluding steroid dienone is 1. The molecule has 4 rings (SSSR count). The van der Waals surface area contributed by atoms with Crippen LogP contribution in [0.4, 0.5) is 11.4 Å². The van der Waals surface area contributed by atoms with Gasteiger partial charge in [-0.25, -0.2) is 5.01 Å². The highest BCUT2D eigenvalue weighted by Crippen LogP contribution is 2.42. The second-order valence-electron chi connectivity index (χ2n) is 6.34. The zero-order valence-corrected chi connectivity index (χ0v) is 16.3. The standard InChI is InChI=1S/C21H20N4OS/c1-15-14-27-21(24(15)17-10-6-4-7-11-17)19-20(26)22-16(2)25(23(19)3)18-12-8-5-9-13-18/h4-14H,1-3H3/b21-19-. The summed E-state index contributed by atoms with van der Waals surface area (Å²) in [4.78, 5) is 19.3. The molecule has 2 heterocycles. The SMILES string of the molecule is CC1=CS/C(=C2/C(=O)N=C(C)N(c3ccccc3)N2C)N1c1ccccc1. The van der Waals surface area contributed by atoms with Crippen molar-refractivity contribution in [3.05, 3.63) is 82.5 Å². The summed E-state index contributed by atoms with van der Waals surface area (Å²) in [6, 6.07) is 20.0. The van der Waals surface area contributed by atoms with Crippen LogP contribution in [0.1, 0.15) is 13.8 Å². The van der Waals surface area contributed by atoms with E-state index in [1.54, 1.807) is 11.8 Å². The monoisotopic (exact) mass is 376 g/mol. The molecule has 136 valence electrons. The van der Waals surface area contributed by atoms with E-state index < -0.39 is 0 Å². The summed E-state index contributed by atoms with van der Waals surface area (Å²) in [5.41, 5.74) is 3.63. The predicted octanol–water partition coefficient (Wildman–Crippen LogP) is 4.58. The number of amidine groups is 1. The fourth-order valence-corrected chi connectivity index (χ4v) is 4.40. The highest BCUT2D eigenvalue weighted by atomic mass is 32.2. The first-order valence-electron chi connectivity index (χ1n) is 8.69. The van der Waals surface area contributed by atoms with Gasteiger partial charge in [0.25, 0.3) is 5.91 Å². The van der Waals surface area contributed by atoms with Crippen molar-refractivity contribution in [2.45, 2.75) is 13.8 Å².